The monoisotopic (exact) mass is 403 g/mol. The van der Waals surface area contributed by atoms with Gasteiger partial charge >= 0.3 is 5.97 Å². The van der Waals surface area contributed by atoms with Crippen LogP contribution in [0.5, 0.6) is 0 Å². The SMILES string of the molecule is CCc1nc(-c2cccs2)nc(Nc2ccc3cc(C(=O)O)ccc3c2)c1CC. The number of fused-ring (bicyclic) bond motifs is 1. The van der Waals surface area contributed by atoms with Crippen molar-refractivity contribution in [2.75, 3.05) is 5.32 Å². The van der Waals surface area contributed by atoms with E-state index in [1.165, 1.54) is 0 Å². The molecule has 4 rings (SSSR count). The summed E-state index contributed by atoms with van der Waals surface area (Å²) in [6, 6.07) is 15.1. The second kappa shape index (κ2) is 8.01. The minimum atomic E-state index is -0.920. The molecule has 0 aliphatic rings. The number of nitrogens with zero attached hydrogens (tertiary/aromatic N) is 2. The molecule has 4 aromatic rings. The van der Waals surface area contributed by atoms with Crippen molar-refractivity contribution in [2.24, 2.45) is 0 Å². The quantitative estimate of drug-likeness (QED) is 0.418. The van der Waals surface area contributed by atoms with Crippen LogP contribution in [0.15, 0.2) is 53.9 Å². The predicted octanol–water partition coefficient (Wildman–Crippen LogP) is 5.92. The van der Waals surface area contributed by atoms with Crippen molar-refractivity contribution in [1.29, 1.82) is 0 Å². The molecule has 0 fully saturated rings. The molecule has 5 nitrogen and oxygen atoms in total. The Balaban J connectivity index is 1.75. The number of hydrogen-bond acceptors (Lipinski definition) is 5. The van der Waals surface area contributed by atoms with E-state index in [4.69, 9.17) is 9.97 Å². The number of rotatable bonds is 6. The average molecular weight is 404 g/mol. The second-order valence-corrected chi connectivity index (χ2v) is 7.66. The molecule has 0 radical (unpaired) electrons. The van der Waals surface area contributed by atoms with Gasteiger partial charge in [-0.05, 0) is 59.3 Å². The number of anilines is 2. The van der Waals surface area contributed by atoms with Crippen LogP contribution in [0.4, 0.5) is 11.5 Å². The third-order valence-electron chi connectivity index (χ3n) is 4.87. The molecule has 0 aliphatic carbocycles. The summed E-state index contributed by atoms with van der Waals surface area (Å²) in [7, 11) is 0. The van der Waals surface area contributed by atoms with Gasteiger partial charge in [0.15, 0.2) is 5.82 Å². The van der Waals surface area contributed by atoms with E-state index in [2.05, 4.69) is 19.2 Å². The minimum Gasteiger partial charge on any atom is -0.478 e. The first-order valence-electron chi connectivity index (χ1n) is 9.56. The van der Waals surface area contributed by atoms with E-state index in [1.54, 1.807) is 23.5 Å². The highest BCUT2D eigenvalue weighted by Gasteiger charge is 2.14. The summed E-state index contributed by atoms with van der Waals surface area (Å²) < 4.78 is 0. The lowest BCUT2D eigenvalue weighted by atomic mass is 10.1. The van der Waals surface area contributed by atoms with Crippen LogP contribution in [0.2, 0.25) is 0 Å². The van der Waals surface area contributed by atoms with Crippen LogP contribution >= 0.6 is 11.3 Å². The summed E-state index contributed by atoms with van der Waals surface area (Å²) in [5, 5.41) is 16.5. The summed E-state index contributed by atoms with van der Waals surface area (Å²) in [4.78, 5) is 21.8. The standard InChI is InChI=1S/C23H21N3O2S/c1-3-18-19(4-2)25-22(20-6-5-11-29-20)26-21(18)24-17-10-9-14-12-16(23(27)28)8-7-15(14)13-17/h5-13H,3-4H2,1-2H3,(H,27,28)(H,24,25,26). The number of carboxylic acid groups (broad SMARTS) is 1. The summed E-state index contributed by atoms with van der Waals surface area (Å²) in [6.45, 7) is 4.22. The molecule has 29 heavy (non-hydrogen) atoms. The fourth-order valence-corrected chi connectivity index (χ4v) is 4.06. The first-order chi connectivity index (χ1) is 14.1. The first kappa shape index (κ1) is 19.1. The Morgan fingerprint density at radius 1 is 1.03 bits per heavy atom. The second-order valence-electron chi connectivity index (χ2n) is 6.71. The number of carbonyl (C=O) groups is 1. The average Bonchev–Trinajstić information content (AvgIpc) is 3.27. The van der Waals surface area contributed by atoms with E-state index in [0.29, 0.717) is 0 Å². The van der Waals surface area contributed by atoms with Gasteiger partial charge in [0.05, 0.1) is 10.4 Å². The molecule has 146 valence electrons. The van der Waals surface area contributed by atoms with E-state index in [0.717, 1.165) is 57.1 Å². The molecular weight excluding hydrogens is 382 g/mol. The van der Waals surface area contributed by atoms with E-state index in [1.807, 2.05) is 41.8 Å². The van der Waals surface area contributed by atoms with Crippen molar-refractivity contribution in [3.63, 3.8) is 0 Å². The number of hydrogen-bond donors (Lipinski definition) is 2. The smallest absolute Gasteiger partial charge is 0.335 e. The van der Waals surface area contributed by atoms with Crippen molar-refractivity contribution >= 4 is 39.6 Å². The number of benzene rings is 2. The van der Waals surface area contributed by atoms with Gasteiger partial charge < -0.3 is 10.4 Å². The lowest BCUT2D eigenvalue weighted by Crippen LogP contribution is -2.06. The Morgan fingerprint density at radius 3 is 2.52 bits per heavy atom. The van der Waals surface area contributed by atoms with Gasteiger partial charge in [0.1, 0.15) is 5.82 Å². The predicted molar refractivity (Wildman–Crippen MR) is 118 cm³/mol. The van der Waals surface area contributed by atoms with Crippen molar-refractivity contribution in [3.8, 4) is 10.7 Å². The van der Waals surface area contributed by atoms with Gasteiger partial charge in [-0.25, -0.2) is 14.8 Å². The zero-order valence-corrected chi connectivity index (χ0v) is 17.1. The maximum absolute atomic E-state index is 11.2. The zero-order chi connectivity index (χ0) is 20.4. The topological polar surface area (TPSA) is 75.1 Å². The van der Waals surface area contributed by atoms with Gasteiger partial charge in [-0.1, -0.05) is 32.0 Å². The highest BCUT2D eigenvalue weighted by molar-refractivity contribution is 7.13. The summed E-state index contributed by atoms with van der Waals surface area (Å²) in [5.41, 5.74) is 3.37. The molecule has 0 saturated carbocycles. The maximum Gasteiger partial charge on any atom is 0.335 e. The largest absolute Gasteiger partial charge is 0.478 e. The summed E-state index contributed by atoms with van der Waals surface area (Å²) in [6.07, 6.45) is 1.68. The number of aryl methyl sites for hydroxylation is 1. The number of thiophene rings is 1. The van der Waals surface area contributed by atoms with Crippen molar-refractivity contribution in [3.05, 3.63) is 70.7 Å². The van der Waals surface area contributed by atoms with Crippen LogP contribution in [0.25, 0.3) is 21.5 Å². The van der Waals surface area contributed by atoms with Crippen LogP contribution in [-0.2, 0) is 12.8 Å². The van der Waals surface area contributed by atoms with Gasteiger partial charge in [0.2, 0.25) is 0 Å². The van der Waals surface area contributed by atoms with Gasteiger partial charge in [0.25, 0.3) is 0 Å². The fraction of sp³-hybridized carbons (Fsp3) is 0.174. The Labute approximate surface area is 173 Å². The summed E-state index contributed by atoms with van der Waals surface area (Å²) >= 11 is 1.63. The van der Waals surface area contributed by atoms with Crippen LogP contribution in [0.3, 0.4) is 0 Å². The lowest BCUT2D eigenvalue weighted by molar-refractivity contribution is 0.0697. The molecule has 0 atom stereocenters. The highest BCUT2D eigenvalue weighted by Crippen LogP contribution is 2.29. The van der Waals surface area contributed by atoms with Gasteiger partial charge in [-0.3, -0.25) is 0 Å². The Bertz CT molecular complexity index is 1190. The van der Waals surface area contributed by atoms with Crippen LogP contribution in [0, 0.1) is 0 Å². The molecule has 0 bridgehead atoms. The third kappa shape index (κ3) is 3.84. The minimum absolute atomic E-state index is 0.287. The van der Waals surface area contributed by atoms with Crippen molar-refractivity contribution in [2.45, 2.75) is 26.7 Å². The molecule has 2 heterocycles. The Morgan fingerprint density at radius 2 is 1.83 bits per heavy atom. The molecule has 6 heteroatoms. The first-order valence-corrected chi connectivity index (χ1v) is 10.4. The van der Waals surface area contributed by atoms with Crippen LogP contribution in [0.1, 0.15) is 35.5 Å². The van der Waals surface area contributed by atoms with Gasteiger partial charge in [-0.15, -0.1) is 11.3 Å². The summed E-state index contributed by atoms with van der Waals surface area (Å²) in [5.74, 6) is 0.642. The van der Waals surface area contributed by atoms with Gasteiger partial charge in [-0.2, -0.15) is 0 Å². The van der Waals surface area contributed by atoms with Crippen molar-refractivity contribution < 1.29 is 9.90 Å². The number of aromatic carboxylic acids is 1. The van der Waals surface area contributed by atoms with Crippen molar-refractivity contribution in [1.82, 2.24) is 9.97 Å². The molecule has 0 unspecified atom stereocenters. The molecule has 2 N–H and O–H groups in total. The number of aromatic nitrogens is 2. The molecule has 2 aromatic carbocycles. The van der Waals surface area contributed by atoms with Gasteiger partial charge in [0, 0.05) is 16.9 Å². The molecule has 0 amide bonds. The van der Waals surface area contributed by atoms with E-state index in [-0.39, 0.29) is 5.56 Å². The number of nitrogens with one attached hydrogen (secondary N) is 1. The molecule has 0 spiro atoms. The molecular formula is C23H21N3O2S. The normalized spacial score (nSPS) is 11.0. The Kier molecular flexibility index (Phi) is 5.27. The third-order valence-corrected chi connectivity index (χ3v) is 5.74. The molecule has 2 aromatic heterocycles. The van der Waals surface area contributed by atoms with Crippen LogP contribution in [-0.4, -0.2) is 21.0 Å². The maximum atomic E-state index is 11.2. The van der Waals surface area contributed by atoms with E-state index in [9.17, 15) is 9.90 Å². The lowest BCUT2D eigenvalue weighted by Gasteiger charge is -2.15. The fourth-order valence-electron chi connectivity index (χ4n) is 3.41. The molecule has 0 aliphatic heterocycles. The molecule has 0 saturated heterocycles. The van der Waals surface area contributed by atoms with E-state index >= 15 is 0 Å². The van der Waals surface area contributed by atoms with E-state index < -0.39 is 5.97 Å². The van der Waals surface area contributed by atoms with Crippen LogP contribution < -0.4 is 5.32 Å². The number of carboxylic acids is 1. The zero-order valence-electron chi connectivity index (χ0n) is 16.3. The Hall–Kier alpha value is -3.25. The highest BCUT2D eigenvalue weighted by atomic mass is 32.1.